The van der Waals surface area contributed by atoms with Gasteiger partial charge in [-0.2, -0.15) is 5.26 Å². The lowest BCUT2D eigenvalue weighted by Gasteiger charge is -2.09. The second-order valence-electron chi connectivity index (χ2n) is 5.77. The molecule has 0 aliphatic heterocycles. The first-order chi connectivity index (χ1) is 13.6. The third-order valence-electron chi connectivity index (χ3n) is 3.85. The molecule has 138 valence electrons. The van der Waals surface area contributed by atoms with E-state index in [0.717, 1.165) is 0 Å². The maximum atomic E-state index is 12.5. The molecule has 28 heavy (non-hydrogen) atoms. The number of carbonyl (C=O) groups excluding carboxylic acids is 2. The van der Waals surface area contributed by atoms with Gasteiger partial charge in [0.25, 0.3) is 5.91 Å². The number of pyridine rings is 1. The first-order valence-electron chi connectivity index (χ1n) is 8.32. The summed E-state index contributed by atoms with van der Waals surface area (Å²) in [5, 5.41) is 14.8. The summed E-state index contributed by atoms with van der Waals surface area (Å²) in [7, 11) is 1.32. The normalized spacial score (nSPS) is 9.86. The fourth-order valence-corrected chi connectivity index (χ4v) is 2.47. The topological polar surface area (TPSA) is 104 Å². The molecule has 2 N–H and O–H groups in total. The number of hydrogen-bond acceptors (Lipinski definition) is 6. The molecule has 0 aliphatic rings. The fourth-order valence-electron chi connectivity index (χ4n) is 2.47. The quantitative estimate of drug-likeness (QED) is 0.661. The van der Waals surface area contributed by atoms with Crippen LogP contribution in [0.3, 0.4) is 0 Å². The van der Waals surface area contributed by atoms with Crippen LogP contribution in [0, 0.1) is 11.3 Å². The lowest BCUT2D eigenvalue weighted by molar-refractivity contribution is 0.0600. The zero-order valence-corrected chi connectivity index (χ0v) is 15.0. The summed E-state index contributed by atoms with van der Waals surface area (Å²) in [6.45, 7) is 0. The molecular formula is C21H16N4O3. The number of hydrogen-bond donors (Lipinski definition) is 2. The number of nitriles is 1. The lowest BCUT2D eigenvalue weighted by atomic mass is 10.2. The number of rotatable bonds is 5. The SMILES string of the molecule is COC(=O)c1ccc(Nc2cc(C(=O)Nc3cccc(C#N)c3)ccn2)cc1. The molecule has 3 aromatic rings. The summed E-state index contributed by atoms with van der Waals surface area (Å²) in [6, 6.07) is 18.6. The van der Waals surface area contributed by atoms with Gasteiger partial charge < -0.3 is 15.4 Å². The van der Waals surface area contributed by atoms with Crippen molar-refractivity contribution in [3.8, 4) is 6.07 Å². The molecule has 0 bridgehead atoms. The largest absolute Gasteiger partial charge is 0.465 e. The van der Waals surface area contributed by atoms with Crippen molar-refractivity contribution >= 4 is 29.1 Å². The summed E-state index contributed by atoms with van der Waals surface area (Å²) in [5.74, 6) is -0.255. The number of esters is 1. The van der Waals surface area contributed by atoms with Crippen LogP contribution in [-0.2, 0) is 4.74 Å². The van der Waals surface area contributed by atoms with Crippen LogP contribution >= 0.6 is 0 Å². The predicted molar refractivity (Wildman–Crippen MR) is 104 cm³/mol. The number of benzene rings is 2. The van der Waals surface area contributed by atoms with E-state index in [2.05, 4.69) is 20.4 Å². The minimum atomic E-state index is -0.413. The van der Waals surface area contributed by atoms with Crippen molar-refractivity contribution in [3.05, 3.63) is 83.6 Å². The number of nitrogens with one attached hydrogen (secondary N) is 2. The van der Waals surface area contributed by atoms with Gasteiger partial charge in [0, 0.05) is 23.1 Å². The smallest absolute Gasteiger partial charge is 0.337 e. The molecule has 3 rings (SSSR count). The number of aromatic nitrogens is 1. The molecule has 0 spiro atoms. The van der Waals surface area contributed by atoms with Crippen LogP contribution in [0.4, 0.5) is 17.2 Å². The number of carbonyl (C=O) groups is 2. The molecule has 0 atom stereocenters. The van der Waals surface area contributed by atoms with Gasteiger partial charge in [0.1, 0.15) is 5.82 Å². The monoisotopic (exact) mass is 372 g/mol. The number of nitrogens with zero attached hydrogens (tertiary/aromatic N) is 2. The third kappa shape index (κ3) is 4.51. The predicted octanol–water partition coefficient (Wildman–Crippen LogP) is 3.74. The molecule has 0 aliphatic carbocycles. The first kappa shape index (κ1) is 18.6. The summed E-state index contributed by atoms with van der Waals surface area (Å²) in [4.78, 5) is 28.1. The minimum absolute atomic E-state index is 0.318. The number of amides is 1. The number of ether oxygens (including phenoxy) is 1. The van der Waals surface area contributed by atoms with Gasteiger partial charge in [-0.1, -0.05) is 6.07 Å². The van der Waals surface area contributed by atoms with Gasteiger partial charge in [-0.25, -0.2) is 9.78 Å². The highest BCUT2D eigenvalue weighted by Gasteiger charge is 2.09. The minimum Gasteiger partial charge on any atom is -0.465 e. The highest BCUT2D eigenvalue weighted by atomic mass is 16.5. The van der Waals surface area contributed by atoms with Gasteiger partial charge >= 0.3 is 5.97 Å². The molecule has 1 aromatic heterocycles. The molecule has 2 aromatic carbocycles. The van der Waals surface area contributed by atoms with E-state index in [-0.39, 0.29) is 5.91 Å². The Kier molecular flexibility index (Phi) is 5.63. The van der Waals surface area contributed by atoms with E-state index < -0.39 is 5.97 Å². The number of methoxy groups -OCH3 is 1. The zero-order valence-electron chi connectivity index (χ0n) is 15.0. The summed E-state index contributed by atoms with van der Waals surface area (Å²) < 4.78 is 4.67. The van der Waals surface area contributed by atoms with E-state index in [1.54, 1.807) is 60.7 Å². The fraction of sp³-hybridized carbons (Fsp3) is 0.0476. The molecule has 0 saturated heterocycles. The number of anilines is 3. The Hall–Kier alpha value is -4.18. The van der Waals surface area contributed by atoms with Crippen molar-refractivity contribution < 1.29 is 14.3 Å². The van der Waals surface area contributed by atoms with E-state index in [0.29, 0.717) is 33.9 Å². The van der Waals surface area contributed by atoms with Gasteiger partial charge in [0.2, 0.25) is 0 Å². The molecule has 1 heterocycles. The van der Waals surface area contributed by atoms with Crippen molar-refractivity contribution in [3.63, 3.8) is 0 Å². The molecule has 7 heteroatoms. The van der Waals surface area contributed by atoms with Crippen molar-refractivity contribution in [2.75, 3.05) is 17.7 Å². The summed E-state index contributed by atoms with van der Waals surface area (Å²) in [6.07, 6.45) is 1.52. The Morgan fingerprint density at radius 2 is 1.79 bits per heavy atom. The van der Waals surface area contributed by atoms with Crippen LogP contribution in [0.15, 0.2) is 66.9 Å². The van der Waals surface area contributed by atoms with Crippen molar-refractivity contribution in [2.45, 2.75) is 0 Å². The van der Waals surface area contributed by atoms with E-state index in [4.69, 9.17) is 5.26 Å². The molecule has 1 amide bonds. The van der Waals surface area contributed by atoms with Crippen LogP contribution in [0.1, 0.15) is 26.3 Å². The molecular weight excluding hydrogens is 356 g/mol. The molecule has 7 nitrogen and oxygen atoms in total. The average molecular weight is 372 g/mol. The maximum Gasteiger partial charge on any atom is 0.337 e. The Labute approximate surface area is 161 Å². The van der Waals surface area contributed by atoms with Crippen LogP contribution < -0.4 is 10.6 Å². The highest BCUT2D eigenvalue weighted by molar-refractivity contribution is 6.04. The van der Waals surface area contributed by atoms with Gasteiger partial charge in [-0.3, -0.25) is 4.79 Å². The second-order valence-corrected chi connectivity index (χ2v) is 5.77. The van der Waals surface area contributed by atoms with Crippen molar-refractivity contribution in [1.29, 1.82) is 5.26 Å². The van der Waals surface area contributed by atoms with Gasteiger partial charge in [-0.05, 0) is 54.6 Å². The lowest BCUT2D eigenvalue weighted by Crippen LogP contribution is -2.12. The molecule has 0 saturated carbocycles. The first-order valence-corrected chi connectivity index (χ1v) is 8.32. The summed E-state index contributed by atoms with van der Waals surface area (Å²) in [5.41, 5.74) is 2.55. The van der Waals surface area contributed by atoms with Crippen LogP contribution in [0.2, 0.25) is 0 Å². The Balaban J connectivity index is 1.72. The van der Waals surface area contributed by atoms with Gasteiger partial charge in [0.15, 0.2) is 0 Å². The Morgan fingerprint density at radius 3 is 2.50 bits per heavy atom. The summed E-state index contributed by atoms with van der Waals surface area (Å²) >= 11 is 0. The van der Waals surface area contributed by atoms with Gasteiger partial charge in [-0.15, -0.1) is 0 Å². The second kappa shape index (κ2) is 8.47. The van der Waals surface area contributed by atoms with E-state index in [1.165, 1.54) is 13.3 Å². The Bertz CT molecular complexity index is 1060. The molecule has 0 fully saturated rings. The Morgan fingerprint density at radius 1 is 1.00 bits per heavy atom. The highest BCUT2D eigenvalue weighted by Crippen LogP contribution is 2.18. The zero-order chi connectivity index (χ0) is 19.9. The van der Waals surface area contributed by atoms with Crippen LogP contribution in [0.5, 0.6) is 0 Å². The van der Waals surface area contributed by atoms with Crippen molar-refractivity contribution in [1.82, 2.24) is 4.98 Å². The third-order valence-corrected chi connectivity index (χ3v) is 3.85. The van der Waals surface area contributed by atoms with Crippen LogP contribution in [0.25, 0.3) is 0 Å². The maximum absolute atomic E-state index is 12.5. The average Bonchev–Trinajstić information content (AvgIpc) is 2.74. The van der Waals surface area contributed by atoms with E-state index in [9.17, 15) is 9.59 Å². The standard InChI is InChI=1S/C21H16N4O3/c1-28-21(27)15-5-7-17(8-6-15)24-19-12-16(9-10-23-19)20(26)25-18-4-2-3-14(11-18)13-22/h2-12H,1H3,(H,23,24)(H,25,26). The molecule has 0 unspecified atom stereocenters. The van der Waals surface area contributed by atoms with Crippen LogP contribution in [-0.4, -0.2) is 24.0 Å². The van der Waals surface area contributed by atoms with E-state index in [1.807, 2.05) is 6.07 Å². The van der Waals surface area contributed by atoms with E-state index >= 15 is 0 Å². The van der Waals surface area contributed by atoms with Crippen molar-refractivity contribution in [2.24, 2.45) is 0 Å². The van der Waals surface area contributed by atoms with Gasteiger partial charge in [0.05, 0.1) is 24.3 Å². The molecule has 0 radical (unpaired) electrons.